The van der Waals surface area contributed by atoms with E-state index < -0.39 is 17.7 Å². The lowest BCUT2D eigenvalue weighted by Crippen LogP contribution is -2.25. The molecule has 0 radical (unpaired) electrons. The second kappa shape index (κ2) is 6.48. The highest BCUT2D eigenvalue weighted by Gasteiger charge is 2.27. The third-order valence-electron chi connectivity index (χ3n) is 3.82. The lowest BCUT2D eigenvalue weighted by molar-refractivity contribution is -0.140. The number of ether oxygens (including phenoxy) is 1. The fourth-order valence-corrected chi connectivity index (χ4v) is 2.67. The van der Waals surface area contributed by atoms with E-state index in [1.165, 1.54) is 0 Å². The van der Waals surface area contributed by atoms with Crippen LogP contribution in [0.15, 0.2) is 6.07 Å². The van der Waals surface area contributed by atoms with Crippen LogP contribution in [0, 0.1) is 23.6 Å². The number of pyridine rings is 1. The van der Waals surface area contributed by atoms with Gasteiger partial charge in [0.25, 0.3) is 5.95 Å². The summed E-state index contributed by atoms with van der Waals surface area (Å²) in [6, 6.07) is 0.750. The van der Waals surface area contributed by atoms with Gasteiger partial charge >= 0.3 is 5.97 Å². The topological polar surface area (TPSA) is 39.2 Å². The van der Waals surface area contributed by atoms with Gasteiger partial charge in [0.15, 0.2) is 16.7 Å². The predicted molar refractivity (Wildman–Crippen MR) is 70.5 cm³/mol. The predicted octanol–water partition coefficient (Wildman–Crippen LogP) is 4.14. The molecule has 0 unspecified atom stereocenters. The molecule has 20 heavy (non-hydrogen) atoms. The van der Waals surface area contributed by atoms with Crippen molar-refractivity contribution in [2.24, 2.45) is 11.8 Å². The van der Waals surface area contributed by atoms with Crippen molar-refractivity contribution in [3.05, 3.63) is 23.0 Å². The summed E-state index contributed by atoms with van der Waals surface area (Å²) in [6.45, 7) is 2.13. The third kappa shape index (κ3) is 3.45. The first-order valence-electron chi connectivity index (χ1n) is 6.74. The Labute approximate surface area is 121 Å². The van der Waals surface area contributed by atoms with E-state index >= 15 is 0 Å². The molecule has 3 nitrogen and oxygen atoms in total. The summed E-state index contributed by atoms with van der Waals surface area (Å²) in [5, 5.41) is -0.348. The Balaban J connectivity index is 2.00. The van der Waals surface area contributed by atoms with E-state index in [0.29, 0.717) is 5.92 Å². The van der Waals surface area contributed by atoms with Crippen LogP contribution in [-0.4, -0.2) is 11.0 Å². The fourth-order valence-electron chi connectivity index (χ4n) is 2.50. The van der Waals surface area contributed by atoms with Crippen molar-refractivity contribution < 1.29 is 18.3 Å². The van der Waals surface area contributed by atoms with Crippen molar-refractivity contribution in [1.82, 2.24) is 4.98 Å². The molecule has 1 fully saturated rings. The van der Waals surface area contributed by atoms with Crippen LogP contribution in [0.25, 0.3) is 0 Å². The van der Waals surface area contributed by atoms with Crippen molar-refractivity contribution in [3.63, 3.8) is 0 Å². The average Bonchev–Trinajstić information content (AvgIpc) is 2.44. The maximum absolute atomic E-state index is 13.1. The molecule has 1 aromatic rings. The first kappa shape index (κ1) is 15.2. The summed E-state index contributed by atoms with van der Waals surface area (Å²) in [6.07, 6.45) is 4.60. The van der Waals surface area contributed by atoms with Gasteiger partial charge in [-0.15, -0.1) is 0 Å². The molecule has 0 saturated heterocycles. The summed E-state index contributed by atoms with van der Waals surface area (Å²) in [5.74, 6) is -2.72. The van der Waals surface area contributed by atoms with Gasteiger partial charge in [0.05, 0.1) is 5.92 Å². The number of carbonyl (C=O) groups is 1. The zero-order valence-electron chi connectivity index (χ0n) is 11.2. The number of aromatic nitrogens is 1. The smallest absolute Gasteiger partial charge is 0.314 e. The van der Waals surface area contributed by atoms with Gasteiger partial charge in [0.2, 0.25) is 0 Å². The summed E-state index contributed by atoms with van der Waals surface area (Å²) < 4.78 is 30.9. The quantitative estimate of drug-likeness (QED) is 0.622. The maximum atomic E-state index is 13.1. The Morgan fingerprint density at radius 1 is 1.40 bits per heavy atom. The summed E-state index contributed by atoms with van der Waals surface area (Å²) >= 11 is 5.64. The van der Waals surface area contributed by atoms with Gasteiger partial charge in [0, 0.05) is 6.07 Å². The number of nitrogens with zero attached hydrogens (tertiary/aromatic N) is 1. The number of carbonyl (C=O) groups excluding carboxylic acids is 1. The molecule has 0 N–H and O–H groups in total. The molecule has 0 spiro atoms. The number of hydrogen-bond donors (Lipinski definition) is 0. The molecule has 0 aromatic carbocycles. The molecular weight excluding hydrogens is 288 g/mol. The Morgan fingerprint density at radius 2 is 2.05 bits per heavy atom. The molecule has 6 heteroatoms. The lowest BCUT2D eigenvalue weighted by atomic mass is 9.81. The highest BCUT2D eigenvalue weighted by Crippen LogP contribution is 2.32. The van der Waals surface area contributed by atoms with Crippen LogP contribution in [0.1, 0.15) is 39.0 Å². The third-order valence-corrected chi connectivity index (χ3v) is 4.09. The van der Waals surface area contributed by atoms with Crippen LogP contribution >= 0.6 is 11.6 Å². The SMILES string of the molecule is CC[C@H]1CC[C@H](C(=O)Oc2cc(F)c(F)nc2Cl)CC1. The van der Waals surface area contributed by atoms with Gasteiger partial charge in [0.1, 0.15) is 0 Å². The Morgan fingerprint density at radius 3 is 2.65 bits per heavy atom. The average molecular weight is 304 g/mol. The zero-order chi connectivity index (χ0) is 14.7. The van der Waals surface area contributed by atoms with Crippen LogP contribution in [0.4, 0.5) is 8.78 Å². The van der Waals surface area contributed by atoms with E-state index in [4.69, 9.17) is 16.3 Å². The summed E-state index contributed by atoms with van der Waals surface area (Å²) in [5.41, 5.74) is 0. The summed E-state index contributed by atoms with van der Waals surface area (Å²) in [7, 11) is 0. The molecule has 0 amide bonds. The molecule has 0 aliphatic heterocycles. The van der Waals surface area contributed by atoms with Crippen molar-refractivity contribution in [3.8, 4) is 5.75 Å². The first-order chi connectivity index (χ1) is 9.51. The van der Waals surface area contributed by atoms with E-state index in [1.807, 2.05) is 0 Å². The second-order valence-corrected chi connectivity index (χ2v) is 5.45. The van der Waals surface area contributed by atoms with E-state index in [1.54, 1.807) is 0 Å². The Hall–Kier alpha value is -1.23. The molecule has 1 aliphatic rings. The van der Waals surface area contributed by atoms with Crippen LogP contribution < -0.4 is 4.74 Å². The minimum Gasteiger partial charge on any atom is -0.423 e. The Bertz CT molecular complexity index is 502. The lowest BCUT2D eigenvalue weighted by Gasteiger charge is -2.26. The van der Waals surface area contributed by atoms with Gasteiger partial charge in [-0.2, -0.15) is 4.39 Å². The number of hydrogen-bond acceptors (Lipinski definition) is 3. The number of esters is 1. The first-order valence-corrected chi connectivity index (χ1v) is 7.12. The molecule has 1 aromatic heterocycles. The van der Waals surface area contributed by atoms with Gasteiger partial charge in [-0.25, -0.2) is 9.37 Å². The van der Waals surface area contributed by atoms with Crippen molar-refractivity contribution in [1.29, 1.82) is 0 Å². The van der Waals surface area contributed by atoms with Crippen molar-refractivity contribution in [2.75, 3.05) is 0 Å². The van der Waals surface area contributed by atoms with E-state index in [0.717, 1.165) is 38.2 Å². The fraction of sp³-hybridized carbons (Fsp3) is 0.571. The molecule has 0 bridgehead atoms. The normalized spacial score (nSPS) is 22.6. The molecule has 1 heterocycles. The van der Waals surface area contributed by atoms with Crippen molar-refractivity contribution >= 4 is 17.6 Å². The van der Waals surface area contributed by atoms with Gasteiger partial charge < -0.3 is 4.74 Å². The summed E-state index contributed by atoms with van der Waals surface area (Å²) in [4.78, 5) is 15.1. The molecule has 1 aliphatic carbocycles. The van der Waals surface area contributed by atoms with Gasteiger partial charge in [-0.1, -0.05) is 24.9 Å². The molecular formula is C14H16ClF2NO2. The molecule has 1 saturated carbocycles. The largest absolute Gasteiger partial charge is 0.423 e. The minimum atomic E-state index is -1.31. The number of halogens is 3. The zero-order valence-corrected chi connectivity index (χ0v) is 11.9. The van der Waals surface area contributed by atoms with Crippen LogP contribution in [0.3, 0.4) is 0 Å². The highest BCUT2D eigenvalue weighted by atomic mass is 35.5. The highest BCUT2D eigenvalue weighted by molar-refractivity contribution is 6.30. The van der Waals surface area contributed by atoms with Gasteiger partial charge in [-0.05, 0) is 31.6 Å². The molecule has 2 rings (SSSR count). The minimum absolute atomic E-state index is 0.206. The van der Waals surface area contributed by atoms with Crippen LogP contribution in [0.5, 0.6) is 5.75 Å². The molecule has 0 atom stereocenters. The standard InChI is InChI=1S/C14H16ClF2NO2/c1-2-8-3-5-9(6-4-8)14(19)20-11-7-10(16)13(17)18-12(11)15/h7-9H,2-6H2,1H3/t8-,9-. The monoisotopic (exact) mass is 303 g/mol. The van der Waals surface area contributed by atoms with E-state index in [9.17, 15) is 13.6 Å². The number of rotatable bonds is 3. The Kier molecular flexibility index (Phi) is 4.91. The van der Waals surface area contributed by atoms with Gasteiger partial charge in [-0.3, -0.25) is 4.79 Å². The van der Waals surface area contributed by atoms with E-state index in [2.05, 4.69) is 11.9 Å². The van der Waals surface area contributed by atoms with E-state index in [-0.39, 0.29) is 16.8 Å². The van der Waals surface area contributed by atoms with Crippen LogP contribution in [-0.2, 0) is 4.79 Å². The molecule has 110 valence electrons. The van der Waals surface area contributed by atoms with Crippen molar-refractivity contribution in [2.45, 2.75) is 39.0 Å². The maximum Gasteiger partial charge on any atom is 0.314 e. The second-order valence-electron chi connectivity index (χ2n) is 5.10. The van der Waals surface area contributed by atoms with Crippen LogP contribution in [0.2, 0.25) is 5.15 Å².